The Hall–Kier alpha value is -1.29. The molecule has 0 aliphatic carbocycles. The summed E-state index contributed by atoms with van der Waals surface area (Å²) < 4.78 is 0. The van der Waals surface area contributed by atoms with Crippen molar-refractivity contribution in [2.75, 3.05) is 23.9 Å². The molecule has 3 nitrogen and oxygen atoms in total. The molecule has 0 saturated carbocycles. The lowest BCUT2D eigenvalue weighted by Crippen LogP contribution is -2.04. The van der Waals surface area contributed by atoms with Crippen LogP contribution in [0.25, 0.3) is 10.9 Å². The van der Waals surface area contributed by atoms with Crippen LogP contribution in [0.3, 0.4) is 0 Å². The molecule has 1 aromatic heterocycles. The van der Waals surface area contributed by atoms with Crippen LogP contribution in [0.1, 0.15) is 12.8 Å². The molecule has 0 aliphatic rings. The summed E-state index contributed by atoms with van der Waals surface area (Å²) in [5.74, 6) is 2.17. The van der Waals surface area contributed by atoms with Gasteiger partial charge in [-0.3, -0.25) is 0 Å². The van der Waals surface area contributed by atoms with Crippen LogP contribution in [0.5, 0.6) is 0 Å². The van der Waals surface area contributed by atoms with E-state index in [1.807, 2.05) is 30.0 Å². The molecule has 0 amide bonds. The lowest BCUT2D eigenvalue weighted by atomic mass is 10.2. The van der Waals surface area contributed by atoms with Crippen molar-refractivity contribution < 1.29 is 0 Å². The maximum atomic E-state index is 4.30. The Morgan fingerprint density at radius 3 is 2.94 bits per heavy atom. The average molecular weight is 247 g/mol. The van der Waals surface area contributed by atoms with Crippen LogP contribution in [0.4, 0.5) is 5.82 Å². The molecule has 90 valence electrons. The van der Waals surface area contributed by atoms with Gasteiger partial charge in [-0.2, -0.15) is 11.8 Å². The molecule has 0 spiro atoms. The van der Waals surface area contributed by atoms with E-state index >= 15 is 0 Å². The van der Waals surface area contributed by atoms with Gasteiger partial charge in [0.25, 0.3) is 0 Å². The van der Waals surface area contributed by atoms with E-state index in [4.69, 9.17) is 0 Å². The molecule has 2 rings (SSSR count). The number of nitrogens with zero attached hydrogens (tertiary/aromatic N) is 2. The number of hydrogen-bond acceptors (Lipinski definition) is 4. The number of nitrogens with one attached hydrogen (secondary N) is 1. The van der Waals surface area contributed by atoms with Crippen molar-refractivity contribution in [2.24, 2.45) is 0 Å². The highest BCUT2D eigenvalue weighted by Crippen LogP contribution is 2.18. The van der Waals surface area contributed by atoms with Crippen LogP contribution in [0.15, 0.2) is 30.6 Å². The predicted octanol–water partition coefficient (Wildman–Crippen LogP) is 3.18. The number of thioether (sulfide) groups is 1. The van der Waals surface area contributed by atoms with Crippen LogP contribution in [0.2, 0.25) is 0 Å². The van der Waals surface area contributed by atoms with Gasteiger partial charge >= 0.3 is 0 Å². The summed E-state index contributed by atoms with van der Waals surface area (Å²) in [6.45, 7) is 0.974. The Bertz CT molecular complexity index is 468. The van der Waals surface area contributed by atoms with Gasteiger partial charge in [-0.05, 0) is 37.0 Å². The van der Waals surface area contributed by atoms with E-state index in [-0.39, 0.29) is 0 Å². The first-order valence-corrected chi connectivity index (χ1v) is 7.24. The summed E-state index contributed by atoms with van der Waals surface area (Å²) >= 11 is 1.90. The average Bonchev–Trinajstić information content (AvgIpc) is 2.39. The molecular weight excluding hydrogens is 230 g/mol. The molecule has 0 atom stereocenters. The second-order valence-electron chi connectivity index (χ2n) is 3.87. The van der Waals surface area contributed by atoms with Crippen LogP contribution < -0.4 is 5.32 Å². The second kappa shape index (κ2) is 6.45. The Kier molecular flexibility index (Phi) is 4.62. The Morgan fingerprint density at radius 1 is 1.18 bits per heavy atom. The van der Waals surface area contributed by atoms with Gasteiger partial charge in [-0.15, -0.1) is 0 Å². The van der Waals surface area contributed by atoms with Crippen molar-refractivity contribution >= 4 is 28.5 Å². The van der Waals surface area contributed by atoms with Crippen LogP contribution in [-0.4, -0.2) is 28.5 Å². The quantitative estimate of drug-likeness (QED) is 0.796. The third-order valence-corrected chi connectivity index (χ3v) is 3.31. The molecule has 4 heteroatoms. The first-order valence-electron chi connectivity index (χ1n) is 5.84. The third kappa shape index (κ3) is 3.33. The van der Waals surface area contributed by atoms with Gasteiger partial charge in [-0.25, -0.2) is 9.97 Å². The maximum Gasteiger partial charge on any atom is 0.137 e. The summed E-state index contributed by atoms with van der Waals surface area (Å²) in [4.78, 5) is 8.54. The first-order chi connectivity index (χ1) is 8.42. The highest BCUT2D eigenvalue weighted by atomic mass is 32.2. The highest BCUT2D eigenvalue weighted by Gasteiger charge is 2.01. The van der Waals surface area contributed by atoms with E-state index in [0.717, 1.165) is 23.3 Å². The van der Waals surface area contributed by atoms with Crippen molar-refractivity contribution in [3.8, 4) is 0 Å². The van der Waals surface area contributed by atoms with E-state index in [1.165, 1.54) is 18.6 Å². The van der Waals surface area contributed by atoms with E-state index in [2.05, 4.69) is 27.6 Å². The zero-order valence-electron chi connectivity index (χ0n) is 10.0. The zero-order chi connectivity index (χ0) is 11.9. The Balaban J connectivity index is 1.98. The summed E-state index contributed by atoms with van der Waals surface area (Å²) in [6.07, 6.45) is 6.19. The molecule has 0 unspecified atom stereocenters. The fraction of sp³-hybridized carbons (Fsp3) is 0.385. The van der Waals surface area contributed by atoms with Gasteiger partial charge in [0.1, 0.15) is 12.1 Å². The van der Waals surface area contributed by atoms with E-state index in [1.54, 1.807) is 6.33 Å². The summed E-state index contributed by atoms with van der Waals surface area (Å²) in [5, 5.41) is 4.48. The largest absolute Gasteiger partial charge is 0.369 e. The molecule has 2 aromatic rings. The van der Waals surface area contributed by atoms with Crippen molar-refractivity contribution in [3.05, 3.63) is 30.6 Å². The molecule has 0 saturated heterocycles. The number of hydrogen-bond donors (Lipinski definition) is 1. The fourth-order valence-corrected chi connectivity index (χ4v) is 2.22. The van der Waals surface area contributed by atoms with E-state index in [0.29, 0.717) is 0 Å². The molecular formula is C13H17N3S. The molecule has 17 heavy (non-hydrogen) atoms. The van der Waals surface area contributed by atoms with Gasteiger partial charge in [0, 0.05) is 11.9 Å². The highest BCUT2D eigenvalue weighted by molar-refractivity contribution is 7.98. The number of anilines is 1. The molecule has 0 radical (unpaired) electrons. The van der Waals surface area contributed by atoms with Gasteiger partial charge in [0.2, 0.25) is 0 Å². The molecule has 1 N–H and O–H groups in total. The number of aromatic nitrogens is 2. The van der Waals surface area contributed by atoms with Crippen LogP contribution in [-0.2, 0) is 0 Å². The van der Waals surface area contributed by atoms with Crippen LogP contribution in [0, 0.1) is 0 Å². The van der Waals surface area contributed by atoms with Gasteiger partial charge in [-0.1, -0.05) is 12.1 Å². The Labute approximate surface area is 106 Å². The second-order valence-corrected chi connectivity index (χ2v) is 4.85. The monoisotopic (exact) mass is 247 g/mol. The zero-order valence-corrected chi connectivity index (χ0v) is 10.8. The number of fused-ring (bicyclic) bond motifs is 1. The first kappa shape index (κ1) is 12.2. The molecule has 1 heterocycles. The van der Waals surface area contributed by atoms with Crippen LogP contribution >= 0.6 is 11.8 Å². The summed E-state index contributed by atoms with van der Waals surface area (Å²) in [5.41, 5.74) is 0.995. The van der Waals surface area contributed by atoms with Crippen molar-refractivity contribution in [3.63, 3.8) is 0 Å². The Morgan fingerprint density at radius 2 is 2.06 bits per heavy atom. The molecule has 0 fully saturated rings. The van der Waals surface area contributed by atoms with E-state index < -0.39 is 0 Å². The van der Waals surface area contributed by atoms with Crippen molar-refractivity contribution in [1.29, 1.82) is 0 Å². The molecule has 0 aliphatic heterocycles. The number of benzene rings is 1. The third-order valence-electron chi connectivity index (χ3n) is 2.61. The minimum absolute atomic E-state index is 0.944. The minimum Gasteiger partial charge on any atom is -0.369 e. The lowest BCUT2D eigenvalue weighted by Gasteiger charge is -2.07. The molecule has 1 aromatic carbocycles. The number of unbranched alkanes of at least 4 members (excludes halogenated alkanes) is 1. The summed E-state index contributed by atoms with van der Waals surface area (Å²) in [7, 11) is 0. The normalized spacial score (nSPS) is 10.6. The lowest BCUT2D eigenvalue weighted by molar-refractivity contribution is 0.840. The fourth-order valence-electron chi connectivity index (χ4n) is 1.72. The topological polar surface area (TPSA) is 37.8 Å². The SMILES string of the molecule is CSCCCCNc1ncnc2ccccc12. The maximum absolute atomic E-state index is 4.30. The number of rotatable bonds is 6. The van der Waals surface area contributed by atoms with Crippen molar-refractivity contribution in [2.45, 2.75) is 12.8 Å². The van der Waals surface area contributed by atoms with E-state index in [9.17, 15) is 0 Å². The minimum atomic E-state index is 0.944. The van der Waals surface area contributed by atoms with Gasteiger partial charge in [0.05, 0.1) is 5.52 Å². The standard InChI is InChI=1S/C13H17N3S/c1-17-9-5-4-8-14-13-11-6-2-3-7-12(11)15-10-16-13/h2-3,6-7,10H,4-5,8-9H2,1H3,(H,14,15,16). The smallest absolute Gasteiger partial charge is 0.137 e. The van der Waals surface area contributed by atoms with Gasteiger partial charge in [0.15, 0.2) is 0 Å². The predicted molar refractivity (Wildman–Crippen MR) is 75.6 cm³/mol. The molecule has 0 bridgehead atoms. The van der Waals surface area contributed by atoms with Gasteiger partial charge < -0.3 is 5.32 Å². The number of para-hydroxylation sites is 1. The van der Waals surface area contributed by atoms with Crippen molar-refractivity contribution in [1.82, 2.24) is 9.97 Å². The summed E-state index contributed by atoms with van der Waals surface area (Å²) in [6, 6.07) is 8.08.